The molecule has 4 saturated carbocycles. The van der Waals surface area contributed by atoms with Gasteiger partial charge in [0.2, 0.25) is 0 Å². The standard InChI is InChI=1S/C64H65N4O.Pt/c1-61(2,3)45-35-48(66-40-67(57-25-16-15-24-56(57)66)60-53(62(4,5)6)21-17-22-54(60)63(7,8)9)38-50(36-45)69-49-26-27-52-51-20-13-14-23-55(51)68(58(52)39-49)59-37-44(28-29-65-59)64(43-18-11-10-12-19-43)46-31-41-30-42(33-46)34-47(64)32-41;/h10-29,35-37,40-42,46-47H,30-34H2,1-9H3;/q-3;. The van der Waals surface area contributed by atoms with Crippen LogP contribution >= 0.6 is 0 Å². The summed E-state index contributed by atoms with van der Waals surface area (Å²) < 4.78 is 9.32. The minimum atomic E-state index is -0.162. The molecule has 0 unspecified atom stereocenters. The molecule has 5 nitrogen and oxygen atoms in total. The molecule has 13 rings (SSSR count). The number of benzene rings is 6. The van der Waals surface area contributed by atoms with Crippen molar-refractivity contribution in [2.75, 3.05) is 9.80 Å². The summed E-state index contributed by atoms with van der Waals surface area (Å²) in [7, 11) is 0. The van der Waals surface area contributed by atoms with Gasteiger partial charge < -0.3 is 19.1 Å². The first kappa shape index (κ1) is 46.7. The van der Waals surface area contributed by atoms with Crippen molar-refractivity contribution in [1.82, 2.24) is 9.55 Å². The van der Waals surface area contributed by atoms with Crippen LogP contribution in [-0.4, -0.2) is 9.55 Å². The summed E-state index contributed by atoms with van der Waals surface area (Å²) in [6.07, 6.45) is 8.78. The number of para-hydroxylation sites is 4. The van der Waals surface area contributed by atoms with Gasteiger partial charge >= 0.3 is 0 Å². The van der Waals surface area contributed by atoms with Gasteiger partial charge in [0.1, 0.15) is 5.82 Å². The van der Waals surface area contributed by atoms with E-state index in [1.54, 1.807) is 0 Å². The number of ether oxygens (including phenoxy) is 1. The first-order valence-corrected chi connectivity index (χ1v) is 25.5. The number of nitrogens with zero attached hydrogens (tertiary/aromatic N) is 4. The molecular formula is C64H65N4OPt-3. The molecule has 0 N–H and O–H groups in total. The largest absolute Gasteiger partial charge is 0.509 e. The van der Waals surface area contributed by atoms with Crippen molar-refractivity contribution in [3.8, 4) is 17.3 Å². The third kappa shape index (κ3) is 7.63. The van der Waals surface area contributed by atoms with Crippen LogP contribution in [0.15, 0.2) is 140 Å². The van der Waals surface area contributed by atoms with Crippen molar-refractivity contribution in [2.45, 2.75) is 116 Å². The van der Waals surface area contributed by atoms with Crippen molar-refractivity contribution in [3.63, 3.8) is 0 Å². The molecular weight excluding hydrogens is 1040 g/mol. The maximum Gasteiger partial charge on any atom is 0.135 e. The fourth-order valence-corrected chi connectivity index (χ4v) is 13.5. The molecule has 1 aliphatic heterocycles. The molecule has 6 aromatic carbocycles. The minimum Gasteiger partial charge on any atom is -0.509 e. The van der Waals surface area contributed by atoms with E-state index in [-0.39, 0.29) is 42.7 Å². The molecule has 0 atom stereocenters. The van der Waals surface area contributed by atoms with Gasteiger partial charge in [0.25, 0.3) is 0 Å². The zero-order valence-corrected chi connectivity index (χ0v) is 44.5. The Bertz CT molecular complexity index is 3210. The first-order valence-electron chi connectivity index (χ1n) is 25.5. The quantitative estimate of drug-likeness (QED) is 0.149. The summed E-state index contributed by atoms with van der Waals surface area (Å²) in [4.78, 5) is 9.89. The number of hydrogen-bond donors (Lipinski definition) is 0. The smallest absolute Gasteiger partial charge is 0.135 e. The first-order chi connectivity index (χ1) is 33.1. The third-order valence-corrected chi connectivity index (χ3v) is 16.4. The van der Waals surface area contributed by atoms with Gasteiger partial charge in [-0.1, -0.05) is 147 Å². The summed E-state index contributed by atoms with van der Waals surface area (Å²) in [5.74, 6) is 5.22. The fraction of sp³-hybridized carbons (Fsp3) is 0.344. The molecule has 3 heterocycles. The van der Waals surface area contributed by atoms with Crippen LogP contribution in [-0.2, 0) is 42.7 Å². The average molecular weight is 1100 g/mol. The molecule has 0 amide bonds. The van der Waals surface area contributed by atoms with Gasteiger partial charge in [-0.2, -0.15) is 6.07 Å². The number of hydrogen-bond acceptors (Lipinski definition) is 4. The molecule has 360 valence electrons. The molecule has 4 fully saturated rings. The third-order valence-electron chi connectivity index (χ3n) is 16.4. The Morgan fingerprint density at radius 3 is 1.86 bits per heavy atom. The molecule has 2 aromatic heterocycles. The van der Waals surface area contributed by atoms with Gasteiger partial charge in [-0.05, 0) is 130 Å². The van der Waals surface area contributed by atoms with Crippen molar-refractivity contribution < 1.29 is 25.8 Å². The molecule has 4 aliphatic carbocycles. The van der Waals surface area contributed by atoms with Crippen LogP contribution in [0.1, 0.15) is 122 Å². The second kappa shape index (κ2) is 17.0. The summed E-state index contributed by atoms with van der Waals surface area (Å²) in [5.41, 5.74) is 12.8. The summed E-state index contributed by atoms with van der Waals surface area (Å²) in [5, 5.41) is 2.30. The van der Waals surface area contributed by atoms with Crippen LogP contribution in [0, 0.1) is 42.5 Å². The van der Waals surface area contributed by atoms with E-state index in [0.29, 0.717) is 23.3 Å². The van der Waals surface area contributed by atoms with E-state index in [0.717, 1.165) is 56.7 Å². The van der Waals surface area contributed by atoms with Gasteiger partial charge in [0.15, 0.2) is 0 Å². The van der Waals surface area contributed by atoms with Gasteiger partial charge in [-0.25, -0.2) is 4.98 Å². The van der Waals surface area contributed by atoms with Gasteiger partial charge in [-0.15, -0.1) is 53.6 Å². The Labute approximate surface area is 430 Å². The van der Waals surface area contributed by atoms with Crippen LogP contribution in [0.2, 0.25) is 0 Å². The molecule has 4 bridgehead atoms. The van der Waals surface area contributed by atoms with E-state index in [2.05, 4.69) is 235 Å². The Morgan fingerprint density at radius 2 is 1.20 bits per heavy atom. The zero-order valence-electron chi connectivity index (χ0n) is 42.2. The SMILES string of the molecule is CC(C)(C)c1cc(Oc2[c-]c3c(cc2)c2ccccc2n3-c2cc(C3(c4ccccc4)C4CC5CC(C4)CC3C5)ccn2)[c-]c(N2[CH-]N(c3c(C(C)(C)C)cccc3C(C)(C)C)c3ccccc32)c1.[Pt]. The van der Waals surface area contributed by atoms with Crippen LogP contribution in [0.5, 0.6) is 11.5 Å². The predicted octanol–water partition coefficient (Wildman–Crippen LogP) is 16.6. The maximum absolute atomic E-state index is 6.99. The van der Waals surface area contributed by atoms with Crippen LogP contribution in [0.25, 0.3) is 27.6 Å². The van der Waals surface area contributed by atoms with E-state index in [1.807, 2.05) is 0 Å². The van der Waals surface area contributed by atoms with E-state index in [4.69, 9.17) is 9.72 Å². The van der Waals surface area contributed by atoms with Crippen molar-refractivity contribution in [2.24, 2.45) is 23.7 Å². The van der Waals surface area contributed by atoms with Crippen molar-refractivity contribution >= 4 is 44.6 Å². The molecule has 0 saturated heterocycles. The maximum atomic E-state index is 6.99. The van der Waals surface area contributed by atoms with Crippen LogP contribution in [0.3, 0.4) is 0 Å². The van der Waals surface area contributed by atoms with E-state index < -0.39 is 0 Å². The molecule has 70 heavy (non-hydrogen) atoms. The van der Waals surface area contributed by atoms with Gasteiger partial charge in [0, 0.05) is 66.8 Å². The second-order valence-electron chi connectivity index (χ2n) is 23.9. The zero-order chi connectivity index (χ0) is 47.6. The Morgan fingerprint density at radius 1 is 0.571 bits per heavy atom. The number of rotatable bonds is 7. The van der Waals surface area contributed by atoms with Crippen LogP contribution in [0.4, 0.5) is 22.7 Å². The summed E-state index contributed by atoms with van der Waals surface area (Å²) >= 11 is 0. The average Bonchev–Trinajstić information content (AvgIpc) is 3.87. The van der Waals surface area contributed by atoms with Crippen molar-refractivity contribution in [3.05, 3.63) is 186 Å². The fourth-order valence-electron chi connectivity index (χ4n) is 13.5. The van der Waals surface area contributed by atoms with Crippen molar-refractivity contribution in [1.29, 1.82) is 0 Å². The van der Waals surface area contributed by atoms with Gasteiger partial charge in [0.05, 0.1) is 0 Å². The molecule has 6 heteroatoms. The second-order valence-corrected chi connectivity index (χ2v) is 23.9. The van der Waals surface area contributed by atoms with E-state index in [9.17, 15) is 0 Å². The Balaban J connectivity index is 0.00000533. The number of pyridine rings is 1. The normalized spacial score (nSPS) is 21.9. The van der Waals surface area contributed by atoms with Crippen LogP contribution < -0.4 is 14.5 Å². The number of anilines is 4. The Hall–Kier alpha value is -5.64. The predicted molar refractivity (Wildman–Crippen MR) is 285 cm³/mol. The van der Waals surface area contributed by atoms with E-state index >= 15 is 0 Å². The molecule has 0 radical (unpaired) electrons. The monoisotopic (exact) mass is 1100 g/mol. The topological polar surface area (TPSA) is 33.5 Å². The summed E-state index contributed by atoms with van der Waals surface area (Å²) in [6.45, 7) is 22.9. The minimum absolute atomic E-state index is 0. The summed E-state index contributed by atoms with van der Waals surface area (Å²) in [6, 6.07) is 56.8. The molecule has 5 aliphatic rings. The number of fused-ring (bicyclic) bond motifs is 4. The molecule has 0 spiro atoms. The number of aromatic nitrogens is 2. The van der Waals surface area contributed by atoms with E-state index in [1.165, 1.54) is 65.4 Å². The molecule has 8 aromatic rings. The van der Waals surface area contributed by atoms with Gasteiger partial charge in [-0.3, -0.25) is 0 Å². The Kier molecular flexibility index (Phi) is 11.4.